The fraction of sp³-hybridized carbons (Fsp3) is 0.400. The van der Waals surface area contributed by atoms with E-state index in [1.807, 2.05) is 0 Å². The largest absolute Gasteiger partial charge is 1.00 e. The summed E-state index contributed by atoms with van der Waals surface area (Å²) in [6.07, 6.45) is -3.01. The Morgan fingerprint density at radius 3 is 2.62 bits per heavy atom. The molecule has 0 saturated carbocycles. The van der Waals surface area contributed by atoms with Crippen LogP contribution in [0.4, 0.5) is 18.3 Å². The number of alkyl halides is 3. The predicted molar refractivity (Wildman–Crippen MR) is 118 cm³/mol. The van der Waals surface area contributed by atoms with Crippen molar-refractivity contribution in [3.63, 3.8) is 0 Å². The first-order chi connectivity index (χ1) is 16.9. The van der Waals surface area contributed by atoms with Gasteiger partial charge in [0, 0.05) is 17.5 Å². The molecule has 4 rings (SSSR count). The second-order valence-electron chi connectivity index (χ2n) is 8.23. The van der Waals surface area contributed by atoms with Gasteiger partial charge in [0.25, 0.3) is 11.8 Å². The van der Waals surface area contributed by atoms with Crippen molar-refractivity contribution in [2.45, 2.75) is 37.5 Å². The third kappa shape index (κ3) is 5.66. The van der Waals surface area contributed by atoms with Crippen molar-refractivity contribution < 1.29 is 73.6 Å². The molecule has 3 amide bonds. The SMILES string of the molecule is Nc1nc(/C(=N/O)C(=O)N[C@@H]2C(=O)N3C(C(=O)O)=C(C=C4CCN(CC(F)(F)F)C4=O)CC[C@H]23)cs1.[H-].[Na+]. The molecule has 3 aliphatic rings. The van der Waals surface area contributed by atoms with Crippen LogP contribution in [0, 0.1) is 0 Å². The van der Waals surface area contributed by atoms with Crippen LogP contribution in [0.5, 0.6) is 0 Å². The Hall–Kier alpha value is -2.95. The third-order valence-electron chi connectivity index (χ3n) is 5.97. The van der Waals surface area contributed by atoms with Gasteiger partial charge in [-0.15, -0.1) is 11.3 Å². The summed E-state index contributed by atoms with van der Waals surface area (Å²) in [5.41, 5.74) is 4.78. The maximum absolute atomic E-state index is 12.8. The number of nitrogens with zero attached hydrogens (tertiary/aromatic N) is 4. The van der Waals surface area contributed by atoms with E-state index >= 15 is 0 Å². The molecule has 0 radical (unpaired) electrons. The van der Waals surface area contributed by atoms with E-state index in [1.165, 1.54) is 11.5 Å². The number of anilines is 1. The summed E-state index contributed by atoms with van der Waals surface area (Å²) in [5, 5.41) is 25.8. The third-order valence-corrected chi connectivity index (χ3v) is 6.65. The zero-order valence-corrected chi connectivity index (χ0v) is 22.1. The van der Waals surface area contributed by atoms with E-state index in [2.05, 4.69) is 15.5 Å². The number of hydrogen-bond acceptors (Lipinski definition) is 9. The second-order valence-corrected chi connectivity index (χ2v) is 9.12. The van der Waals surface area contributed by atoms with Crippen LogP contribution in [0.25, 0.3) is 0 Å². The Morgan fingerprint density at radius 2 is 2.05 bits per heavy atom. The smallest absolute Gasteiger partial charge is 1.00 e. The molecular formula is C20H20F3N6NaO6S. The number of allylic oxidation sites excluding steroid dienone is 2. The summed E-state index contributed by atoms with van der Waals surface area (Å²) in [5.74, 6) is -3.97. The molecule has 2 saturated heterocycles. The molecule has 0 bridgehead atoms. The molecule has 0 spiro atoms. The van der Waals surface area contributed by atoms with Crippen LogP contribution in [0.15, 0.2) is 33.5 Å². The summed E-state index contributed by atoms with van der Waals surface area (Å²) in [4.78, 5) is 55.2. The van der Waals surface area contributed by atoms with Crippen LogP contribution >= 0.6 is 11.3 Å². The van der Waals surface area contributed by atoms with Gasteiger partial charge in [0.05, 0.1) is 6.04 Å². The van der Waals surface area contributed by atoms with Crippen LogP contribution in [0.2, 0.25) is 0 Å². The summed E-state index contributed by atoms with van der Waals surface area (Å²) >= 11 is 1.00. The van der Waals surface area contributed by atoms with Crippen molar-refractivity contribution >= 4 is 45.9 Å². The number of thiazole rings is 1. The Bertz CT molecular complexity index is 1250. The molecule has 5 N–H and O–H groups in total. The van der Waals surface area contributed by atoms with Crippen molar-refractivity contribution in [1.82, 2.24) is 20.1 Å². The number of nitrogens with two attached hydrogens (primary N) is 1. The molecule has 1 aromatic heterocycles. The predicted octanol–water partition coefficient (Wildman–Crippen LogP) is -2.43. The number of β-lactam (4-membered cyclic amide) rings is 1. The first kappa shape index (κ1) is 28.6. The van der Waals surface area contributed by atoms with Crippen LogP contribution in [0.1, 0.15) is 26.4 Å². The number of carbonyl (C=O) groups excluding carboxylic acids is 3. The van der Waals surface area contributed by atoms with Crippen LogP contribution in [0.3, 0.4) is 0 Å². The van der Waals surface area contributed by atoms with Gasteiger partial charge in [0.1, 0.15) is 24.0 Å². The molecule has 1 aromatic rings. The zero-order chi connectivity index (χ0) is 26.4. The molecule has 3 aliphatic heterocycles. The maximum atomic E-state index is 12.8. The molecule has 4 heterocycles. The minimum atomic E-state index is -4.56. The Kier molecular flexibility index (Phi) is 8.36. The van der Waals surface area contributed by atoms with Crippen LogP contribution < -0.4 is 40.6 Å². The number of nitrogens with one attached hydrogen (secondary N) is 1. The normalized spacial score (nSPS) is 23.1. The fourth-order valence-electron chi connectivity index (χ4n) is 4.43. The van der Waals surface area contributed by atoms with E-state index in [9.17, 15) is 42.7 Å². The number of aromatic nitrogens is 1. The minimum Gasteiger partial charge on any atom is -1.00 e. The number of carbonyl (C=O) groups is 4. The number of carboxylic acid groups (broad SMARTS) is 1. The first-order valence-electron chi connectivity index (χ1n) is 10.5. The van der Waals surface area contributed by atoms with E-state index < -0.39 is 59.9 Å². The van der Waals surface area contributed by atoms with E-state index in [0.717, 1.165) is 16.2 Å². The van der Waals surface area contributed by atoms with Crippen molar-refractivity contribution in [1.29, 1.82) is 0 Å². The zero-order valence-electron chi connectivity index (χ0n) is 20.3. The number of rotatable bonds is 6. The molecule has 194 valence electrons. The van der Waals surface area contributed by atoms with Crippen molar-refractivity contribution in [2.75, 3.05) is 18.8 Å². The molecule has 2 atom stereocenters. The first-order valence-corrected chi connectivity index (χ1v) is 11.4. The van der Waals surface area contributed by atoms with Gasteiger partial charge < -0.3 is 27.7 Å². The molecule has 0 aliphatic carbocycles. The topological polar surface area (TPSA) is 179 Å². The number of amides is 3. The quantitative estimate of drug-likeness (QED) is 0.0751. The van der Waals surface area contributed by atoms with E-state index in [1.54, 1.807) is 0 Å². The number of fused-ring (bicyclic) bond motifs is 1. The Morgan fingerprint density at radius 1 is 1.35 bits per heavy atom. The number of hydrogen-bond donors (Lipinski definition) is 4. The summed E-state index contributed by atoms with van der Waals surface area (Å²) in [6, 6.07) is -1.83. The number of carboxylic acids is 1. The van der Waals surface area contributed by atoms with Crippen molar-refractivity contribution in [3.05, 3.63) is 34.0 Å². The van der Waals surface area contributed by atoms with Gasteiger partial charge >= 0.3 is 41.7 Å². The fourth-order valence-corrected chi connectivity index (χ4v) is 4.98. The number of nitrogen functional groups attached to an aromatic ring is 1. The molecule has 17 heteroatoms. The second kappa shape index (κ2) is 10.8. The molecule has 37 heavy (non-hydrogen) atoms. The number of likely N-dealkylation sites (tertiary alicyclic amines) is 1. The van der Waals surface area contributed by atoms with Crippen molar-refractivity contribution in [2.24, 2.45) is 5.16 Å². The van der Waals surface area contributed by atoms with Gasteiger partial charge in [0.15, 0.2) is 10.8 Å². The van der Waals surface area contributed by atoms with Crippen LogP contribution in [-0.4, -0.2) is 85.8 Å². The van der Waals surface area contributed by atoms with Crippen molar-refractivity contribution in [3.8, 4) is 0 Å². The molecule has 0 unspecified atom stereocenters. The Balaban J connectivity index is 0.00000253. The van der Waals surface area contributed by atoms with Crippen LogP contribution in [-0.2, 0) is 19.2 Å². The summed E-state index contributed by atoms with van der Waals surface area (Å²) in [7, 11) is 0. The number of oxime groups is 1. The molecule has 12 nitrogen and oxygen atoms in total. The van der Waals surface area contributed by atoms with Gasteiger partial charge in [-0.25, -0.2) is 9.78 Å². The van der Waals surface area contributed by atoms with Gasteiger partial charge in [0.2, 0.25) is 5.91 Å². The molecular weight excluding hydrogens is 532 g/mol. The van der Waals surface area contributed by atoms with Gasteiger partial charge in [-0.3, -0.25) is 19.3 Å². The minimum absolute atomic E-state index is 0. The van der Waals surface area contributed by atoms with Gasteiger partial charge in [-0.1, -0.05) is 5.16 Å². The maximum Gasteiger partial charge on any atom is 1.00 e. The van der Waals surface area contributed by atoms with E-state index in [4.69, 9.17) is 5.73 Å². The van der Waals surface area contributed by atoms with Gasteiger partial charge in [-0.05, 0) is 30.9 Å². The summed E-state index contributed by atoms with van der Waals surface area (Å²) < 4.78 is 38.0. The average Bonchev–Trinajstić information content (AvgIpc) is 3.37. The monoisotopic (exact) mass is 552 g/mol. The van der Waals surface area contributed by atoms with E-state index in [-0.39, 0.29) is 78.8 Å². The van der Waals surface area contributed by atoms with E-state index in [0.29, 0.717) is 4.90 Å². The molecule has 2 fully saturated rings. The average molecular weight is 552 g/mol. The molecule has 0 aromatic carbocycles. The van der Waals surface area contributed by atoms with Gasteiger partial charge in [-0.2, -0.15) is 13.2 Å². The standard InChI is InChI=1S/C20H19F3N6O6S.Na.H/c21-20(22,23)7-28-4-3-9(16(28)31)5-8-1-2-11-13(17(32)29(11)14(8)18(33)34)26-15(30)12(27-35)10-6-36-19(24)25-10;;/h5-6,11,13,35H,1-4,7H2,(H2,24,25)(H,26,30)(H,33,34);;/q;+1;-1/b9-5?,27-12-;;/t11-,13+;;/m1../s1. The summed E-state index contributed by atoms with van der Waals surface area (Å²) in [6.45, 7) is -1.56. The number of aliphatic carboxylic acids is 1. The number of halogens is 3. The Labute approximate surface area is 234 Å².